The molecular weight excluding hydrogens is 420 g/mol. The van der Waals surface area contributed by atoms with Gasteiger partial charge in [-0.3, -0.25) is 0 Å². The first-order valence-corrected chi connectivity index (χ1v) is 14.5. The highest BCUT2D eigenvalue weighted by Crippen LogP contribution is 2.67. The molecule has 4 unspecified atom stereocenters. The van der Waals surface area contributed by atoms with Crippen LogP contribution in [-0.4, -0.2) is 29.2 Å². The summed E-state index contributed by atoms with van der Waals surface area (Å²) in [5.41, 5.74) is 2.35. The Labute approximate surface area is 209 Å². The minimum Gasteiger partial charge on any atom is -0.391 e. The van der Waals surface area contributed by atoms with E-state index in [0.29, 0.717) is 22.7 Å². The van der Waals surface area contributed by atoms with Crippen molar-refractivity contribution >= 4 is 0 Å². The minimum atomic E-state index is -1.04. The highest BCUT2D eigenvalue weighted by atomic mass is 16.6. The average Bonchev–Trinajstić information content (AvgIpc) is 3.16. The van der Waals surface area contributed by atoms with Gasteiger partial charge in [0, 0.05) is 0 Å². The van der Waals surface area contributed by atoms with Gasteiger partial charge in [0.15, 0.2) is 6.29 Å². The van der Waals surface area contributed by atoms with E-state index in [1.54, 1.807) is 5.57 Å². The van der Waals surface area contributed by atoms with Crippen molar-refractivity contribution in [2.75, 3.05) is 6.61 Å². The average molecular weight is 473 g/mol. The SMILES string of the molecule is CC[C@H](/C=C/[C@@H](C)[C@H]1CCC2C3CC=C4C[C@@H](OC(O)CO)CC[C@]4(C)C3CC[C@@]21C)C(C)C. The van der Waals surface area contributed by atoms with E-state index in [1.807, 2.05) is 0 Å². The van der Waals surface area contributed by atoms with E-state index < -0.39 is 6.29 Å². The van der Waals surface area contributed by atoms with E-state index in [-0.39, 0.29) is 12.7 Å². The molecule has 0 aromatic rings. The van der Waals surface area contributed by atoms with E-state index in [0.717, 1.165) is 48.9 Å². The molecule has 0 spiro atoms. The van der Waals surface area contributed by atoms with Crippen LogP contribution in [0.1, 0.15) is 99.3 Å². The largest absolute Gasteiger partial charge is 0.391 e. The lowest BCUT2D eigenvalue weighted by atomic mass is 9.47. The van der Waals surface area contributed by atoms with Crippen LogP contribution in [0.25, 0.3) is 0 Å². The summed E-state index contributed by atoms with van der Waals surface area (Å²) in [5.74, 6) is 5.42. The molecule has 34 heavy (non-hydrogen) atoms. The number of allylic oxidation sites excluding steroid dienone is 3. The number of aliphatic hydroxyl groups excluding tert-OH is 2. The summed E-state index contributed by atoms with van der Waals surface area (Å²) in [6.07, 6.45) is 17.8. The van der Waals surface area contributed by atoms with E-state index in [9.17, 15) is 10.2 Å². The molecule has 0 aromatic heterocycles. The molecule has 0 aromatic carbocycles. The van der Waals surface area contributed by atoms with Gasteiger partial charge < -0.3 is 14.9 Å². The summed E-state index contributed by atoms with van der Waals surface area (Å²) in [6, 6.07) is 0. The monoisotopic (exact) mass is 472 g/mol. The predicted molar refractivity (Wildman–Crippen MR) is 140 cm³/mol. The van der Waals surface area contributed by atoms with Crippen molar-refractivity contribution in [3.05, 3.63) is 23.8 Å². The van der Waals surface area contributed by atoms with Crippen LogP contribution < -0.4 is 0 Å². The number of ether oxygens (including phenoxy) is 1. The van der Waals surface area contributed by atoms with Gasteiger partial charge in [-0.2, -0.15) is 0 Å². The summed E-state index contributed by atoms with van der Waals surface area (Å²) >= 11 is 0. The lowest BCUT2D eigenvalue weighted by Crippen LogP contribution is -2.51. The first-order chi connectivity index (χ1) is 16.1. The molecule has 2 N–H and O–H groups in total. The van der Waals surface area contributed by atoms with Crippen molar-refractivity contribution in [2.45, 2.75) is 112 Å². The van der Waals surface area contributed by atoms with Crippen molar-refractivity contribution in [1.29, 1.82) is 0 Å². The zero-order valence-corrected chi connectivity index (χ0v) is 22.8. The van der Waals surface area contributed by atoms with Gasteiger partial charge in [0.2, 0.25) is 0 Å². The van der Waals surface area contributed by atoms with E-state index in [4.69, 9.17) is 4.74 Å². The normalized spacial score (nSPS) is 42.6. The number of hydrogen-bond donors (Lipinski definition) is 2. The van der Waals surface area contributed by atoms with Crippen molar-refractivity contribution in [3.63, 3.8) is 0 Å². The molecule has 0 radical (unpaired) electrons. The van der Waals surface area contributed by atoms with Crippen LogP contribution in [-0.2, 0) is 4.74 Å². The van der Waals surface area contributed by atoms with Gasteiger partial charge in [-0.15, -0.1) is 0 Å². The van der Waals surface area contributed by atoms with Crippen LogP contribution in [0, 0.1) is 52.3 Å². The third-order valence-electron chi connectivity index (χ3n) is 11.3. The Morgan fingerprint density at radius 3 is 2.50 bits per heavy atom. The van der Waals surface area contributed by atoms with Crippen LogP contribution in [0.4, 0.5) is 0 Å². The fraction of sp³-hybridized carbons (Fsp3) is 0.871. The highest BCUT2D eigenvalue weighted by Gasteiger charge is 2.59. The summed E-state index contributed by atoms with van der Waals surface area (Å²) in [7, 11) is 0. The van der Waals surface area contributed by atoms with Gasteiger partial charge in [0.1, 0.15) is 0 Å². The van der Waals surface area contributed by atoms with Gasteiger partial charge in [-0.25, -0.2) is 0 Å². The van der Waals surface area contributed by atoms with Crippen molar-refractivity contribution in [1.82, 2.24) is 0 Å². The maximum absolute atomic E-state index is 9.77. The number of aliphatic hydroxyl groups is 2. The van der Waals surface area contributed by atoms with Crippen LogP contribution in [0.3, 0.4) is 0 Å². The standard InChI is InChI=1S/C31H52O3/c1-7-22(20(2)3)9-8-21(4)26-12-13-27-25-11-10-23-18-24(34-29(33)19-32)14-16-30(23,5)28(25)15-17-31(26,27)6/h8-10,20-22,24-29,32-33H,7,11-19H2,1-6H3/b9-8+/t21-,22-,24+,25?,26-,27?,28?,29?,30+,31-/m1/s1. The number of fused-ring (bicyclic) bond motifs is 5. The molecule has 3 fully saturated rings. The van der Waals surface area contributed by atoms with Crippen LogP contribution in [0.5, 0.6) is 0 Å². The summed E-state index contributed by atoms with van der Waals surface area (Å²) in [6.45, 7) is 14.4. The van der Waals surface area contributed by atoms with Gasteiger partial charge in [0.05, 0.1) is 12.7 Å². The topological polar surface area (TPSA) is 49.7 Å². The molecule has 4 aliphatic carbocycles. The summed E-state index contributed by atoms with van der Waals surface area (Å²) in [4.78, 5) is 0. The zero-order chi connectivity index (χ0) is 24.7. The zero-order valence-electron chi connectivity index (χ0n) is 22.8. The molecule has 10 atom stereocenters. The van der Waals surface area contributed by atoms with E-state index in [2.05, 4.69) is 59.8 Å². The Morgan fingerprint density at radius 1 is 1.06 bits per heavy atom. The summed E-state index contributed by atoms with van der Waals surface area (Å²) in [5, 5.41) is 18.9. The summed E-state index contributed by atoms with van der Waals surface area (Å²) < 4.78 is 5.72. The Morgan fingerprint density at radius 2 is 1.82 bits per heavy atom. The van der Waals surface area contributed by atoms with Crippen molar-refractivity contribution < 1.29 is 14.9 Å². The quantitative estimate of drug-likeness (QED) is 0.292. The van der Waals surface area contributed by atoms with Gasteiger partial charge >= 0.3 is 0 Å². The highest BCUT2D eigenvalue weighted by molar-refractivity contribution is 5.25. The van der Waals surface area contributed by atoms with Crippen molar-refractivity contribution in [2.24, 2.45) is 52.3 Å². The molecule has 0 bridgehead atoms. The molecule has 0 amide bonds. The smallest absolute Gasteiger partial charge is 0.178 e. The first-order valence-electron chi connectivity index (χ1n) is 14.5. The van der Waals surface area contributed by atoms with E-state index >= 15 is 0 Å². The number of rotatable bonds is 8. The lowest BCUT2D eigenvalue weighted by Gasteiger charge is -2.58. The second kappa shape index (κ2) is 10.4. The van der Waals surface area contributed by atoms with Gasteiger partial charge in [-0.05, 0) is 110 Å². The van der Waals surface area contributed by atoms with Crippen LogP contribution >= 0.6 is 0 Å². The molecule has 4 aliphatic rings. The van der Waals surface area contributed by atoms with Crippen LogP contribution in [0.15, 0.2) is 23.8 Å². The molecule has 3 nitrogen and oxygen atoms in total. The molecule has 4 rings (SSSR count). The Bertz CT molecular complexity index is 756. The lowest BCUT2D eigenvalue weighted by molar-refractivity contribution is -0.166. The third kappa shape index (κ3) is 4.71. The predicted octanol–water partition coefficient (Wildman–Crippen LogP) is 7.14. The Hall–Kier alpha value is -0.640. The van der Waals surface area contributed by atoms with Gasteiger partial charge in [0.25, 0.3) is 0 Å². The number of hydrogen-bond acceptors (Lipinski definition) is 3. The maximum atomic E-state index is 9.77. The Balaban J connectivity index is 1.48. The first kappa shape index (κ1) is 26.4. The Kier molecular flexibility index (Phi) is 8.07. The second-order valence-corrected chi connectivity index (χ2v) is 13.2. The molecule has 0 heterocycles. The van der Waals surface area contributed by atoms with E-state index in [1.165, 1.54) is 38.5 Å². The minimum absolute atomic E-state index is 0.0492. The maximum Gasteiger partial charge on any atom is 0.178 e. The second-order valence-electron chi connectivity index (χ2n) is 13.2. The van der Waals surface area contributed by atoms with Crippen LogP contribution in [0.2, 0.25) is 0 Å². The molecule has 194 valence electrons. The molecule has 3 saturated carbocycles. The van der Waals surface area contributed by atoms with Gasteiger partial charge in [-0.1, -0.05) is 65.3 Å². The third-order valence-corrected chi connectivity index (χ3v) is 11.3. The molecule has 3 heteroatoms. The molecular formula is C31H52O3. The molecule has 0 aliphatic heterocycles. The molecule has 0 saturated heterocycles. The van der Waals surface area contributed by atoms with Crippen molar-refractivity contribution in [3.8, 4) is 0 Å². The fourth-order valence-corrected chi connectivity index (χ4v) is 9.19. The fourth-order valence-electron chi connectivity index (χ4n) is 9.19.